The van der Waals surface area contributed by atoms with E-state index in [1.54, 1.807) is 38.2 Å². The van der Waals surface area contributed by atoms with Crippen LogP contribution in [0.5, 0.6) is 0 Å². The summed E-state index contributed by atoms with van der Waals surface area (Å²) >= 11 is 0. The molecule has 0 aliphatic heterocycles. The number of aryl methyl sites for hydroxylation is 1. The van der Waals surface area contributed by atoms with E-state index in [-0.39, 0.29) is 18.4 Å². The predicted octanol–water partition coefficient (Wildman–Crippen LogP) is 0.416. The van der Waals surface area contributed by atoms with E-state index in [4.69, 9.17) is 4.74 Å². The Labute approximate surface area is 113 Å². The molecule has 0 bridgehead atoms. The molecule has 1 heterocycles. The molecule has 0 radical (unpaired) electrons. The van der Waals surface area contributed by atoms with E-state index in [1.165, 1.54) is 0 Å². The number of ether oxygens (including phenoxy) is 1. The highest BCUT2D eigenvalue weighted by atomic mass is 16.5. The van der Waals surface area contributed by atoms with E-state index in [9.17, 15) is 9.90 Å². The molecule has 0 aromatic carbocycles. The van der Waals surface area contributed by atoms with Crippen LogP contribution in [0.1, 0.15) is 25.8 Å². The summed E-state index contributed by atoms with van der Waals surface area (Å²) in [4.78, 5) is 11.8. The number of rotatable bonds is 7. The number of carbonyl (C=O) groups is 1. The Kier molecular flexibility index (Phi) is 5.50. The van der Waals surface area contributed by atoms with Crippen LogP contribution in [0.2, 0.25) is 0 Å². The second-order valence-electron chi connectivity index (χ2n) is 5.08. The summed E-state index contributed by atoms with van der Waals surface area (Å²) in [6.07, 6.45) is 4.00. The molecule has 1 aromatic heterocycles. The fourth-order valence-electron chi connectivity index (χ4n) is 1.66. The summed E-state index contributed by atoms with van der Waals surface area (Å²) in [7, 11) is 3.39. The number of hydrogen-bond donors (Lipinski definition) is 2. The molecule has 0 saturated heterocycles. The highest BCUT2D eigenvalue weighted by Gasteiger charge is 2.26. The average molecular weight is 269 g/mol. The first kappa shape index (κ1) is 15.7. The second-order valence-corrected chi connectivity index (χ2v) is 5.08. The molecule has 0 aliphatic rings. The minimum atomic E-state index is -1.12. The Balaban J connectivity index is 2.49. The van der Waals surface area contributed by atoms with Gasteiger partial charge in [-0.15, -0.1) is 0 Å². The number of nitrogens with one attached hydrogen (secondary N) is 1. The van der Waals surface area contributed by atoms with Crippen LogP contribution in [0.15, 0.2) is 12.4 Å². The van der Waals surface area contributed by atoms with E-state index < -0.39 is 5.60 Å². The van der Waals surface area contributed by atoms with E-state index in [0.29, 0.717) is 18.6 Å². The second kappa shape index (κ2) is 6.68. The van der Waals surface area contributed by atoms with Crippen molar-refractivity contribution in [3.05, 3.63) is 18.0 Å². The van der Waals surface area contributed by atoms with Crippen LogP contribution >= 0.6 is 0 Å². The zero-order valence-corrected chi connectivity index (χ0v) is 12.0. The van der Waals surface area contributed by atoms with Gasteiger partial charge in [0.2, 0.25) is 5.91 Å². The van der Waals surface area contributed by atoms with Crippen molar-refractivity contribution in [2.24, 2.45) is 13.0 Å². The number of carbonyl (C=O) groups excluding carboxylic acids is 1. The van der Waals surface area contributed by atoms with Crippen LogP contribution in [0.25, 0.3) is 0 Å². The molecule has 0 spiro atoms. The lowest BCUT2D eigenvalue weighted by molar-refractivity contribution is -0.126. The molecule has 19 heavy (non-hydrogen) atoms. The van der Waals surface area contributed by atoms with Crippen LogP contribution in [0.4, 0.5) is 0 Å². The summed E-state index contributed by atoms with van der Waals surface area (Å²) in [6.45, 7) is 4.21. The van der Waals surface area contributed by atoms with Gasteiger partial charge in [0, 0.05) is 38.4 Å². The zero-order chi connectivity index (χ0) is 14.5. The monoisotopic (exact) mass is 269 g/mol. The summed E-state index contributed by atoms with van der Waals surface area (Å²) < 4.78 is 6.56. The minimum Gasteiger partial charge on any atom is -0.385 e. The predicted molar refractivity (Wildman–Crippen MR) is 71.4 cm³/mol. The standard InChI is InChI=1S/C13H23N3O3/c1-10(5-6-19-4)12(17)14-9-13(2,18)11-7-15-16(3)8-11/h7-8,10,18H,5-6,9H2,1-4H3,(H,14,17). The smallest absolute Gasteiger partial charge is 0.223 e. The first-order valence-corrected chi connectivity index (χ1v) is 6.35. The van der Waals surface area contributed by atoms with Crippen molar-refractivity contribution in [1.82, 2.24) is 15.1 Å². The Morgan fingerprint density at radius 3 is 2.89 bits per heavy atom. The number of hydrogen-bond acceptors (Lipinski definition) is 4. The van der Waals surface area contributed by atoms with Gasteiger partial charge in [0.1, 0.15) is 5.60 Å². The summed E-state index contributed by atoms with van der Waals surface area (Å²) in [5.41, 5.74) is -0.440. The molecule has 0 saturated carbocycles. The molecule has 1 rings (SSSR count). The fraction of sp³-hybridized carbons (Fsp3) is 0.692. The third-order valence-corrected chi connectivity index (χ3v) is 3.14. The van der Waals surface area contributed by atoms with Crippen molar-refractivity contribution in [3.8, 4) is 0 Å². The van der Waals surface area contributed by atoms with Crippen LogP contribution in [-0.4, -0.2) is 41.1 Å². The molecule has 2 N–H and O–H groups in total. The summed E-state index contributed by atoms with van der Waals surface area (Å²) in [6, 6.07) is 0. The van der Waals surface area contributed by atoms with Crippen molar-refractivity contribution in [1.29, 1.82) is 0 Å². The van der Waals surface area contributed by atoms with Crippen LogP contribution in [0, 0.1) is 5.92 Å². The average Bonchev–Trinajstić information content (AvgIpc) is 2.80. The summed E-state index contributed by atoms with van der Waals surface area (Å²) in [5, 5.41) is 17.1. The molecular weight excluding hydrogens is 246 g/mol. The molecule has 1 aromatic rings. The molecule has 2 unspecified atom stereocenters. The van der Waals surface area contributed by atoms with Crippen molar-refractivity contribution in [2.75, 3.05) is 20.3 Å². The highest BCUT2D eigenvalue weighted by Crippen LogP contribution is 2.18. The maximum absolute atomic E-state index is 11.8. The molecule has 0 fully saturated rings. The van der Waals surface area contributed by atoms with Crippen LogP contribution in [-0.2, 0) is 22.2 Å². The lowest BCUT2D eigenvalue weighted by Crippen LogP contribution is -2.40. The van der Waals surface area contributed by atoms with Crippen LogP contribution in [0.3, 0.4) is 0 Å². The fourth-order valence-corrected chi connectivity index (χ4v) is 1.66. The third-order valence-electron chi connectivity index (χ3n) is 3.14. The van der Waals surface area contributed by atoms with Gasteiger partial charge >= 0.3 is 0 Å². The zero-order valence-electron chi connectivity index (χ0n) is 12.0. The Bertz CT molecular complexity index is 415. The Hall–Kier alpha value is -1.40. The van der Waals surface area contributed by atoms with Gasteiger partial charge in [0.15, 0.2) is 0 Å². The normalized spacial score (nSPS) is 15.8. The van der Waals surface area contributed by atoms with Gasteiger partial charge < -0.3 is 15.2 Å². The van der Waals surface area contributed by atoms with Gasteiger partial charge in [0.25, 0.3) is 0 Å². The number of methoxy groups -OCH3 is 1. The lowest BCUT2D eigenvalue weighted by Gasteiger charge is -2.23. The molecule has 0 aliphatic carbocycles. The lowest BCUT2D eigenvalue weighted by atomic mass is 9.99. The first-order chi connectivity index (χ1) is 8.86. The van der Waals surface area contributed by atoms with Gasteiger partial charge in [-0.2, -0.15) is 5.10 Å². The highest BCUT2D eigenvalue weighted by molar-refractivity contribution is 5.78. The number of aromatic nitrogens is 2. The number of aliphatic hydroxyl groups is 1. The Morgan fingerprint density at radius 1 is 1.68 bits per heavy atom. The van der Waals surface area contributed by atoms with E-state index >= 15 is 0 Å². The van der Waals surface area contributed by atoms with E-state index in [0.717, 1.165) is 0 Å². The SMILES string of the molecule is COCCC(C)C(=O)NCC(C)(O)c1cnn(C)c1. The van der Waals surface area contributed by atoms with Gasteiger partial charge in [0.05, 0.1) is 12.7 Å². The molecule has 6 heteroatoms. The Morgan fingerprint density at radius 2 is 2.37 bits per heavy atom. The number of amides is 1. The van der Waals surface area contributed by atoms with E-state index in [1.807, 2.05) is 6.92 Å². The topological polar surface area (TPSA) is 76.4 Å². The van der Waals surface area contributed by atoms with Crippen LogP contribution < -0.4 is 5.32 Å². The maximum atomic E-state index is 11.8. The molecule has 2 atom stereocenters. The summed E-state index contributed by atoms with van der Waals surface area (Å²) in [5.74, 6) is -0.217. The van der Waals surface area contributed by atoms with Gasteiger partial charge in [-0.3, -0.25) is 9.48 Å². The van der Waals surface area contributed by atoms with Crippen molar-refractivity contribution in [3.63, 3.8) is 0 Å². The van der Waals surface area contributed by atoms with Crippen molar-refractivity contribution in [2.45, 2.75) is 25.9 Å². The molecule has 1 amide bonds. The van der Waals surface area contributed by atoms with Crippen molar-refractivity contribution < 1.29 is 14.6 Å². The largest absolute Gasteiger partial charge is 0.385 e. The minimum absolute atomic E-state index is 0.0822. The maximum Gasteiger partial charge on any atom is 0.223 e. The van der Waals surface area contributed by atoms with Gasteiger partial charge in [-0.1, -0.05) is 6.92 Å². The number of nitrogens with zero attached hydrogens (tertiary/aromatic N) is 2. The quantitative estimate of drug-likeness (QED) is 0.752. The van der Waals surface area contributed by atoms with Gasteiger partial charge in [-0.25, -0.2) is 0 Å². The van der Waals surface area contributed by atoms with E-state index in [2.05, 4.69) is 10.4 Å². The first-order valence-electron chi connectivity index (χ1n) is 6.35. The van der Waals surface area contributed by atoms with Gasteiger partial charge in [-0.05, 0) is 13.3 Å². The molecule has 108 valence electrons. The molecule has 6 nitrogen and oxygen atoms in total. The molecular formula is C13H23N3O3. The van der Waals surface area contributed by atoms with Crippen molar-refractivity contribution >= 4 is 5.91 Å². The third kappa shape index (κ3) is 4.65.